The van der Waals surface area contributed by atoms with Gasteiger partial charge in [0, 0.05) is 25.9 Å². The van der Waals surface area contributed by atoms with Crippen molar-refractivity contribution in [3.63, 3.8) is 0 Å². The fraction of sp³-hybridized carbons (Fsp3) is 0.421. The molecule has 3 N–H and O–H groups in total. The van der Waals surface area contributed by atoms with Crippen molar-refractivity contribution in [3.8, 4) is 0 Å². The van der Waals surface area contributed by atoms with Crippen LogP contribution < -0.4 is 21.1 Å². The third-order valence-electron chi connectivity index (χ3n) is 4.45. The van der Waals surface area contributed by atoms with Gasteiger partial charge in [-0.3, -0.25) is 19.3 Å². The monoisotopic (exact) mass is 401 g/mol. The molecule has 0 aromatic carbocycles. The van der Waals surface area contributed by atoms with Crippen LogP contribution in [0.2, 0.25) is 0 Å². The van der Waals surface area contributed by atoms with Gasteiger partial charge in [-0.2, -0.15) is 0 Å². The summed E-state index contributed by atoms with van der Waals surface area (Å²) >= 11 is 0. The molecule has 1 amide bonds. The van der Waals surface area contributed by atoms with E-state index in [0.29, 0.717) is 23.4 Å². The normalized spacial score (nSPS) is 12.7. The van der Waals surface area contributed by atoms with Crippen LogP contribution >= 0.6 is 0 Å². The van der Waals surface area contributed by atoms with Crippen LogP contribution in [0.1, 0.15) is 38.2 Å². The number of hydrogen-bond acceptors (Lipinski definition) is 5. The topological polar surface area (TPSA) is 126 Å². The number of amides is 1. The molecule has 0 aliphatic carbocycles. The summed E-state index contributed by atoms with van der Waals surface area (Å²) in [7, 11) is 3.25. The second-order valence-electron chi connectivity index (χ2n) is 7.84. The first kappa shape index (κ1) is 20.3. The van der Waals surface area contributed by atoms with E-state index >= 15 is 0 Å². The predicted octanol–water partition coefficient (Wildman–Crippen LogP) is 0.583. The number of fused-ring (bicyclic) bond motifs is 1. The summed E-state index contributed by atoms with van der Waals surface area (Å²) < 4.78 is 8.35. The zero-order valence-electron chi connectivity index (χ0n) is 17.1. The third kappa shape index (κ3) is 4.36. The summed E-state index contributed by atoms with van der Waals surface area (Å²) in [6.07, 6.45) is 3.17. The molecule has 3 rings (SSSR count). The molecular weight excluding hydrogens is 376 g/mol. The second-order valence-corrected chi connectivity index (χ2v) is 7.84. The van der Waals surface area contributed by atoms with Crippen LogP contribution in [0.25, 0.3) is 11.2 Å². The van der Waals surface area contributed by atoms with Crippen molar-refractivity contribution >= 4 is 17.3 Å². The number of nitrogens with one attached hydrogen (secondary N) is 3. The lowest BCUT2D eigenvalue weighted by molar-refractivity contribution is -0.655. The number of aryl methyl sites for hydroxylation is 2. The third-order valence-corrected chi connectivity index (χ3v) is 4.45. The Morgan fingerprint density at radius 3 is 2.55 bits per heavy atom. The molecule has 0 aliphatic rings. The van der Waals surface area contributed by atoms with E-state index in [-0.39, 0.29) is 0 Å². The van der Waals surface area contributed by atoms with Crippen LogP contribution in [0.4, 0.5) is 4.79 Å². The van der Waals surface area contributed by atoms with E-state index in [1.54, 1.807) is 51.8 Å². The standard InChI is InChI=1S/C19H24N6O4/c1-19(2,3)29-18(28)21-12(10-11-6-8-20-9-7-11)14-22-15-13(24(14)4)16(26)23-17(27)25(15)5/h6-9,12H,10H2,1-5H3,(H2,21,23,26,27,28)/p+1/t12-/m1/s1. The minimum atomic E-state index is -0.658. The first-order chi connectivity index (χ1) is 13.6. The summed E-state index contributed by atoms with van der Waals surface area (Å²) in [5.74, 6) is 0.550. The van der Waals surface area contributed by atoms with Gasteiger partial charge in [0.15, 0.2) is 0 Å². The highest BCUT2D eigenvalue weighted by Gasteiger charge is 2.31. The Labute approximate surface area is 166 Å². The number of hydrogen-bond donors (Lipinski definition) is 3. The minimum absolute atomic E-state index is 0.299. The van der Waals surface area contributed by atoms with E-state index in [0.717, 1.165) is 5.56 Å². The van der Waals surface area contributed by atoms with Crippen LogP contribution in [0.3, 0.4) is 0 Å². The molecule has 3 aromatic rings. The summed E-state index contributed by atoms with van der Waals surface area (Å²) in [4.78, 5) is 46.2. The molecule has 0 bridgehead atoms. The summed E-state index contributed by atoms with van der Waals surface area (Å²) in [5.41, 5.74) is -0.0957. The average Bonchev–Trinajstić information content (AvgIpc) is 2.96. The SMILES string of the molecule is Cn1c(=O)[nH]c(=O)c2c1[nH]c([C@@H](Cc1ccncc1)NC(=O)OC(C)(C)C)[n+]2C. The van der Waals surface area contributed by atoms with E-state index in [2.05, 4.69) is 20.3 Å². The molecule has 0 radical (unpaired) electrons. The number of alkyl carbamates (subject to hydrolysis) is 1. The molecule has 0 spiro atoms. The van der Waals surface area contributed by atoms with Crippen LogP contribution in [0.5, 0.6) is 0 Å². The van der Waals surface area contributed by atoms with Crippen LogP contribution in [0.15, 0.2) is 34.1 Å². The number of H-pyrrole nitrogens is 2. The zero-order valence-corrected chi connectivity index (χ0v) is 17.1. The molecule has 0 fully saturated rings. The number of rotatable bonds is 4. The van der Waals surface area contributed by atoms with E-state index in [4.69, 9.17) is 4.74 Å². The Hall–Kier alpha value is -3.43. The minimum Gasteiger partial charge on any atom is -0.444 e. The first-order valence-electron chi connectivity index (χ1n) is 9.16. The predicted molar refractivity (Wildman–Crippen MR) is 105 cm³/mol. The van der Waals surface area contributed by atoms with Gasteiger partial charge in [-0.1, -0.05) is 0 Å². The number of pyridine rings is 1. The van der Waals surface area contributed by atoms with E-state index in [9.17, 15) is 14.4 Å². The molecule has 10 heteroatoms. The van der Waals surface area contributed by atoms with Crippen molar-refractivity contribution in [3.05, 3.63) is 56.8 Å². The van der Waals surface area contributed by atoms with Crippen molar-refractivity contribution in [2.24, 2.45) is 14.1 Å². The maximum absolute atomic E-state index is 12.5. The Morgan fingerprint density at radius 1 is 1.28 bits per heavy atom. The van der Waals surface area contributed by atoms with Crippen LogP contribution in [-0.4, -0.2) is 31.2 Å². The number of ether oxygens (including phenoxy) is 1. The lowest BCUT2D eigenvalue weighted by atomic mass is 10.1. The molecule has 1 atom stereocenters. The summed E-state index contributed by atoms with van der Waals surface area (Å²) in [6, 6.07) is 3.14. The molecule has 0 saturated heterocycles. The van der Waals surface area contributed by atoms with Crippen molar-refractivity contribution in [2.45, 2.75) is 38.8 Å². The molecule has 10 nitrogen and oxygen atoms in total. The number of carbonyl (C=O) groups excluding carboxylic acids is 1. The number of nitrogens with zero attached hydrogens (tertiary/aromatic N) is 3. The lowest BCUT2D eigenvalue weighted by Gasteiger charge is -2.22. The van der Waals surface area contributed by atoms with Crippen LogP contribution in [0, 0.1) is 0 Å². The molecule has 0 aliphatic heterocycles. The van der Waals surface area contributed by atoms with Crippen LogP contribution in [-0.2, 0) is 25.3 Å². The van der Waals surface area contributed by atoms with Gasteiger partial charge in [-0.15, -0.1) is 0 Å². The van der Waals surface area contributed by atoms with Gasteiger partial charge in [0.05, 0.1) is 7.05 Å². The van der Waals surface area contributed by atoms with Gasteiger partial charge < -0.3 is 10.1 Å². The Balaban J connectivity index is 2.08. The van der Waals surface area contributed by atoms with Crippen molar-refractivity contribution in [1.29, 1.82) is 0 Å². The van der Waals surface area contributed by atoms with Gasteiger partial charge >= 0.3 is 17.3 Å². The molecular formula is C19H25N6O4+. The summed E-state index contributed by atoms with van der Waals surface area (Å²) in [5, 5.41) is 2.86. The number of carbonyl (C=O) groups is 1. The maximum atomic E-state index is 12.5. The highest BCUT2D eigenvalue weighted by molar-refractivity contribution is 5.69. The average molecular weight is 401 g/mol. The zero-order chi connectivity index (χ0) is 21.3. The molecule has 3 heterocycles. The maximum Gasteiger partial charge on any atom is 0.408 e. The van der Waals surface area contributed by atoms with Crippen molar-refractivity contribution in [1.82, 2.24) is 24.8 Å². The van der Waals surface area contributed by atoms with Gasteiger partial charge in [0.25, 0.3) is 17.0 Å². The quantitative estimate of drug-likeness (QED) is 0.552. The highest BCUT2D eigenvalue weighted by atomic mass is 16.6. The number of aromatic nitrogens is 5. The first-order valence-corrected chi connectivity index (χ1v) is 9.16. The van der Waals surface area contributed by atoms with Gasteiger partial charge in [-0.05, 0) is 38.5 Å². The van der Waals surface area contributed by atoms with Crippen molar-refractivity contribution < 1.29 is 14.1 Å². The highest BCUT2D eigenvalue weighted by Crippen LogP contribution is 2.17. The van der Waals surface area contributed by atoms with E-state index in [1.807, 2.05) is 12.1 Å². The van der Waals surface area contributed by atoms with Gasteiger partial charge in [-0.25, -0.2) is 19.1 Å². The largest absolute Gasteiger partial charge is 0.444 e. The number of aromatic amines is 2. The van der Waals surface area contributed by atoms with Gasteiger partial charge in [0.1, 0.15) is 11.6 Å². The molecule has 29 heavy (non-hydrogen) atoms. The Bertz CT molecular complexity index is 1150. The van der Waals surface area contributed by atoms with E-state index < -0.39 is 29.0 Å². The number of imidazole rings is 1. The fourth-order valence-corrected chi connectivity index (χ4v) is 3.13. The van der Waals surface area contributed by atoms with E-state index in [1.165, 1.54) is 4.57 Å². The molecule has 154 valence electrons. The summed E-state index contributed by atoms with van der Waals surface area (Å²) in [6.45, 7) is 5.34. The molecule has 0 saturated carbocycles. The second kappa shape index (κ2) is 7.53. The smallest absolute Gasteiger partial charge is 0.408 e. The van der Waals surface area contributed by atoms with Gasteiger partial charge in [0.2, 0.25) is 0 Å². The molecule has 0 unspecified atom stereocenters. The fourth-order valence-electron chi connectivity index (χ4n) is 3.13. The van der Waals surface area contributed by atoms with Crippen molar-refractivity contribution in [2.75, 3.05) is 0 Å². The Kier molecular flexibility index (Phi) is 5.27. The lowest BCUT2D eigenvalue weighted by Crippen LogP contribution is -2.44. The molecule has 3 aromatic heterocycles. The Morgan fingerprint density at radius 2 is 1.93 bits per heavy atom.